The van der Waals surface area contributed by atoms with Gasteiger partial charge in [0.2, 0.25) is 0 Å². The number of fused-ring (bicyclic) bond motifs is 1. The molecule has 1 atom stereocenters. The number of aliphatic carboxylic acids is 1. The number of hydrogen-bond donors (Lipinski definition) is 2. The Morgan fingerprint density at radius 3 is 2.34 bits per heavy atom. The first kappa shape index (κ1) is 20.4. The van der Waals surface area contributed by atoms with Crippen LogP contribution in [-0.4, -0.2) is 57.0 Å². The molecule has 4 aromatic rings. The molecule has 2 N–H and O–H groups in total. The third-order valence-electron chi connectivity index (χ3n) is 6.24. The van der Waals surface area contributed by atoms with Crippen molar-refractivity contribution < 1.29 is 9.90 Å². The quantitative estimate of drug-likeness (QED) is 0.484. The van der Waals surface area contributed by atoms with Gasteiger partial charge in [-0.15, -0.1) is 0 Å². The number of carbonyl (C=O) groups is 1. The molecule has 0 unspecified atom stereocenters. The van der Waals surface area contributed by atoms with Crippen LogP contribution in [0, 0.1) is 0 Å². The summed E-state index contributed by atoms with van der Waals surface area (Å²) in [4.78, 5) is 24.7. The van der Waals surface area contributed by atoms with Crippen LogP contribution in [0.2, 0.25) is 0 Å². The molecule has 2 aromatic carbocycles. The Bertz CT molecular complexity index is 1200. The van der Waals surface area contributed by atoms with Crippen molar-refractivity contribution in [3.8, 4) is 11.3 Å². The lowest BCUT2D eigenvalue weighted by Gasteiger charge is -2.38. The Morgan fingerprint density at radius 2 is 1.62 bits per heavy atom. The number of carboxylic acids is 1. The first-order valence-electron chi connectivity index (χ1n) is 10.9. The molecule has 3 heterocycles. The summed E-state index contributed by atoms with van der Waals surface area (Å²) in [6.07, 6.45) is 3.63. The highest BCUT2D eigenvalue weighted by Gasteiger charge is 2.34. The third kappa shape index (κ3) is 4.02. The van der Waals surface area contributed by atoms with Crippen LogP contribution in [0.4, 0.5) is 0 Å². The van der Waals surface area contributed by atoms with E-state index >= 15 is 0 Å². The highest BCUT2D eigenvalue weighted by molar-refractivity contribution is 5.95. The molecule has 0 aliphatic carbocycles. The summed E-state index contributed by atoms with van der Waals surface area (Å²) in [5, 5.41) is 11.3. The molecule has 0 radical (unpaired) electrons. The van der Waals surface area contributed by atoms with Gasteiger partial charge in [0, 0.05) is 61.6 Å². The summed E-state index contributed by atoms with van der Waals surface area (Å²) in [5.74, 6) is -0.811. The van der Waals surface area contributed by atoms with Gasteiger partial charge in [-0.05, 0) is 29.3 Å². The second kappa shape index (κ2) is 8.94. The van der Waals surface area contributed by atoms with Crippen molar-refractivity contribution in [1.82, 2.24) is 19.8 Å². The molecule has 0 amide bonds. The predicted octanol–water partition coefficient (Wildman–Crippen LogP) is 4.17. The van der Waals surface area contributed by atoms with Crippen molar-refractivity contribution in [1.29, 1.82) is 0 Å². The summed E-state index contributed by atoms with van der Waals surface area (Å²) in [6.45, 7) is 3.92. The number of piperazine rings is 1. The lowest BCUT2D eigenvalue weighted by molar-refractivity contribution is -0.144. The average Bonchev–Trinajstić information content (AvgIpc) is 3.21. The highest BCUT2D eigenvalue weighted by atomic mass is 16.4. The number of carboxylic acid groups (broad SMARTS) is 1. The first-order valence-corrected chi connectivity index (χ1v) is 10.9. The summed E-state index contributed by atoms with van der Waals surface area (Å²) < 4.78 is 0. The van der Waals surface area contributed by atoms with Crippen LogP contribution in [0.1, 0.15) is 17.2 Å². The monoisotopic (exact) mass is 426 g/mol. The molecule has 162 valence electrons. The van der Waals surface area contributed by atoms with Crippen LogP contribution >= 0.6 is 0 Å². The smallest absolute Gasteiger partial charge is 0.325 e. The zero-order chi connectivity index (χ0) is 21.9. The van der Waals surface area contributed by atoms with Gasteiger partial charge in [-0.25, -0.2) is 0 Å². The van der Waals surface area contributed by atoms with E-state index in [4.69, 9.17) is 0 Å². The Hall–Kier alpha value is -3.48. The minimum atomic E-state index is -0.811. The van der Waals surface area contributed by atoms with Crippen LogP contribution in [0.25, 0.3) is 22.2 Å². The number of H-pyrrole nitrogens is 1. The maximum atomic E-state index is 12.6. The topological polar surface area (TPSA) is 72.5 Å². The van der Waals surface area contributed by atoms with E-state index < -0.39 is 12.0 Å². The maximum absolute atomic E-state index is 12.6. The highest BCUT2D eigenvalue weighted by Crippen LogP contribution is 2.37. The van der Waals surface area contributed by atoms with Crippen LogP contribution in [0.5, 0.6) is 0 Å². The van der Waals surface area contributed by atoms with E-state index in [1.165, 1.54) is 5.56 Å². The Labute approximate surface area is 187 Å². The number of pyridine rings is 1. The van der Waals surface area contributed by atoms with Crippen LogP contribution < -0.4 is 0 Å². The van der Waals surface area contributed by atoms with Crippen LogP contribution in [0.3, 0.4) is 0 Å². The van der Waals surface area contributed by atoms with Crippen molar-refractivity contribution in [2.75, 3.05) is 26.2 Å². The van der Waals surface area contributed by atoms with Crippen molar-refractivity contribution >= 4 is 16.9 Å². The Kier molecular flexibility index (Phi) is 5.71. The van der Waals surface area contributed by atoms with Gasteiger partial charge in [-0.3, -0.25) is 19.6 Å². The molecule has 6 nitrogen and oxygen atoms in total. The largest absolute Gasteiger partial charge is 0.480 e. The number of hydrogen-bond acceptors (Lipinski definition) is 4. The van der Waals surface area contributed by atoms with Gasteiger partial charge in [-0.2, -0.15) is 0 Å². The number of nitrogens with zero attached hydrogens (tertiary/aromatic N) is 3. The standard InChI is InChI=1S/C26H26N4O2/c31-26(32)25(30-16-14-29(15-17-30)18-19-10-12-27-13-11-19)23-21-8-4-5-9-22(21)28-24(23)20-6-2-1-3-7-20/h1-13,25,28H,14-18H2,(H,31,32)/t25-/m1/s1. The van der Waals surface area contributed by atoms with E-state index in [2.05, 4.69) is 19.8 Å². The first-order chi connectivity index (χ1) is 15.7. The van der Waals surface area contributed by atoms with Gasteiger partial charge in [0.25, 0.3) is 0 Å². The Balaban J connectivity index is 1.46. The van der Waals surface area contributed by atoms with E-state index in [1.807, 2.05) is 79.1 Å². The number of aromatic amines is 1. The average molecular weight is 427 g/mol. The van der Waals surface area contributed by atoms with Crippen LogP contribution in [0.15, 0.2) is 79.1 Å². The van der Waals surface area contributed by atoms with Gasteiger partial charge in [0.1, 0.15) is 6.04 Å². The number of benzene rings is 2. The lowest BCUT2D eigenvalue weighted by Crippen LogP contribution is -2.48. The molecule has 32 heavy (non-hydrogen) atoms. The lowest BCUT2D eigenvalue weighted by atomic mass is 9.97. The zero-order valence-corrected chi connectivity index (χ0v) is 17.8. The van der Waals surface area contributed by atoms with Gasteiger partial charge >= 0.3 is 5.97 Å². The SMILES string of the molecule is O=C(O)[C@@H](c1c(-c2ccccc2)[nH]c2ccccc12)N1CCN(Cc2ccncc2)CC1. The molecule has 1 saturated heterocycles. The molecule has 2 aromatic heterocycles. The summed E-state index contributed by atoms with van der Waals surface area (Å²) >= 11 is 0. The molecule has 0 bridgehead atoms. The predicted molar refractivity (Wildman–Crippen MR) is 125 cm³/mol. The summed E-state index contributed by atoms with van der Waals surface area (Å²) in [7, 11) is 0. The number of rotatable bonds is 6. The van der Waals surface area contributed by atoms with E-state index in [9.17, 15) is 9.90 Å². The molecule has 6 heteroatoms. The molecule has 0 spiro atoms. The van der Waals surface area contributed by atoms with Gasteiger partial charge in [0.05, 0.1) is 5.69 Å². The van der Waals surface area contributed by atoms with Crippen molar-refractivity contribution in [2.24, 2.45) is 0 Å². The van der Waals surface area contributed by atoms with E-state index in [0.29, 0.717) is 13.1 Å². The minimum Gasteiger partial charge on any atom is -0.480 e. The van der Waals surface area contributed by atoms with Gasteiger partial charge < -0.3 is 10.1 Å². The Morgan fingerprint density at radius 1 is 0.938 bits per heavy atom. The van der Waals surface area contributed by atoms with Crippen molar-refractivity contribution in [3.63, 3.8) is 0 Å². The normalized spacial score (nSPS) is 16.2. The molecular formula is C26H26N4O2. The van der Waals surface area contributed by atoms with E-state index in [0.717, 1.165) is 47.4 Å². The van der Waals surface area contributed by atoms with E-state index in [1.54, 1.807) is 0 Å². The number of para-hydroxylation sites is 1. The zero-order valence-electron chi connectivity index (χ0n) is 17.8. The van der Waals surface area contributed by atoms with E-state index in [-0.39, 0.29) is 0 Å². The van der Waals surface area contributed by atoms with Gasteiger partial charge in [-0.1, -0.05) is 48.5 Å². The summed E-state index contributed by atoms with van der Waals surface area (Å²) in [6, 6.07) is 21.3. The molecule has 1 fully saturated rings. The maximum Gasteiger partial charge on any atom is 0.325 e. The minimum absolute atomic E-state index is 0.704. The van der Waals surface area contributed by atoms with Crippen LogP contribution in [-0.2, 0) is 11.3 Å². The van der Waals surface area contributed by atoms with Crippen molar-refractivity contribution in [2.45, 2.75) is 12.6 Å². The fraction of sp³-hybridized carbons (Fsp3) is 0.231. The fourth-order valence-electron chi connectivity index (χ4n) is 4.67. The second-order valence-electron chi connectivity index (χ2n) is 8.23. The van der Waals surface area contributed by atoms with Gasteiger partial charge in [0.15, 0.2) is 0 Å². The summed E-state index contributed by atoms with van der Waals surface area (Å²) in [5.41, 5.74) is 4.93. The fourth-order valence-corrected chi connectivity index (χ4v) is 4.67. The molecule has 0 saturated carbocycles. The number of nitrogens with one attached hydrogen (secondary N) is 1. The third-order valence-corrected chi connectivity index (χ3v) is 6.24. The second-order valence-corrected chi connectivity index (χ2v) is 8.23. The number of aromatic nitrogens is 2. The molecule has 5 rings (SSSR count). The molecule has 1 aliphatic heterocycles. The molecular weight excluding hydrogens is 400 g/mol. The van der Waals surface area contributed by atoms with Crippen molar-refractivity contribution in [3.05, 3.63) is 90.3 Å². The molecule has 1 aliphatic rings.